The molecule has 0 bridgehead atoms. The van der Waals surface area contributed by atoms with Crippen LogP contribution in [0, 0.1) is 0 Å². The number of carboxylic acids is 1. The summed E-state index contributed by atoms with van der Waals surface area (Å²) in [5.74, 6) is -1.06. The lowest BCUT2D eigenvalue weighted by Gasteiger charge is -2.21. The van der Waals surface area contributed by atoms with E-state index in [1.54, 1.807) is 7.11 Å². The molecule has 1 aromatic heterocycles. The van der Waals surface area contributed by atoms with Crippen molar-refractivity contribution in [3.63, 3.8) is 0 Å². The van der Waals surface area contributed by atoms with E-state index in [0.29, 0.717) is 17.7 Å². The van der Waals surface area contributed by atoms with Crippen molar-refractivity contribution >= 4 is 22.6 Å². The van der Waals surface area contributed by atoms with Crippen LogP contribution in [0.3, 0.4) is 0 Å². The molecule has 1 atom stereocenters. The molecule has 0 amide bonds. The van der Waals surface area contributed by atoms with Crippen molar-refractivity contribution in [1.82, 2.24) is 10.2 Å². The Balaban J connectivity index is 2.15. The lowest BCUT2D eigenvalue weighted by molar-refractivity contribution is 0.0690. The zero-order chi connectivity index (χ0) is 14.1. The number of benzene rings is 1. The highest BCUT2D eigenvalue weighted by molar-refractivity contribution is 6.02. The second-order valence-electron chi connectivity index (χ2n) is 4.81. The molecule has 1 aliphatic heterocycles. The summed E-state index contributed by atoms with van der Waals surface area (Å²) in [7, 11) is 1.68. The quantitative estimate of drug-likeness (QED) is 0.914. The van der Waals surface area contributed by atoms with Gasteiger partial charge in [0.15, 0.2) is 5.69 Å². The Hall–Kier alpha value is -2.21. The number of ether oxygens (including phenoxy) is 1. The van der Waals surface area contributed by atoms with E-state index in [1.807, 2.05) is 29.2 Å². The van der Waals surface area contributed by atoms with Crippen molar-refractivity contribution in [3.8, 4) is 0 Å². The van der Waals surface area contributed by atoms with Gasteiger partial charge in [0, 0.05) is 25.6 Å². The number of hydrogen-bond acceptors (Lipinski definition) is 5. The average molecular weight is 273 g/mol. The van der Waals surface area contributed by atoms with Crippen molar-refractivity contribution in [2.24, 2.45) is 0 Å². The van der Waals surface area contributed by atoms with E-state index in [2.05, 4.69) is 10.2 Å². The maximum atomic E-state index is 11.4. The fraction of sp³-hybridized carbons (Fsp3) is 0.357. The fourth-order valence-electron chi connectivity index (χ4n) is 2.63. The molecule has 2 aromatic rings. The molecule has 104 valence electrons. The molecule has 1 N–H and O–H groups in total. The number of carboxylic acid groups (broad SMARTS) is 1. The maximum Gasteiger partial charge on any atom is 0.358 e. The largest absolute Gasteiger partial charge is 0.476 e. The molecule has 6 heteroatoms. The zero-order valence-corrected chi connectivity index (χ0v) is 11.1. The summed E-state index contributed by atoms with van der Waals surface area (Å²) >= 11 is 0. The van der Waals surface area contributed by atoms with Crippen LogP contribution in [0.2, 0.25) is 0 Å². The minimum Gasteiger partial charge on any atom is -0.476 e. The number of nitrogens with zero attached hydrogens (tertiary/aromatic N) is 3. The number of anilines is 1. The summed E-state index contributed by atoms with van der Waals surface area (Å²) in [6.07, 6.45) is 1.01. The van der Waals surface area contributed by atoms with E-state index >= 15 is 0 Å². The number of fused-ring (bicyclic) bond motifs is 1. The van der Waals surface area contributed by atoms with Crippen LogP contribution in [-0.4, -0.2) is 47.6 Å². The van der Waals surface area contributed by atoms with E-state index in [4.69, 9.17) is 4.74 Å². The Morgan fingerprint density at radius 1 is 1.40 bits per heavy atom. The molecule has 1 aromatic carbocycles. The number of methoxy groups -OCH3 is 1. The summed E-state index contributed by atoms with van der Waals surface area (Å²) in [6.45, 7) is 1.43. The lowest BCUT2D eigenvalue weighted by atomic mass is 10.1. The molecule has 1 saturated heterocycles. The van der Waals surface area contributed by atoms with Crippen molar-refractivity contribution in [1.29, 1.82) is 0 Å². The fourth-order valence-corrected chi connectivity index (χ4v) is 2.63. The van der Waals surface area contributed by atoms with Gasteiger partial charge in [0.25, 0.3) is 0 Å². The predicted octanol–water partition coefficient (Wildman–Crippen LogP) is 1.55. The highest BCUT2D eigenvalue weighted by Gasteiger charge is 2.28. The molecule has 0 spiro atoms. The topological polar surface area (TPSA) is 75.5 Å². The monoisotopic (exact) mass is 273 g/mol. The second kappa shape index (κ2) is 5.05. The molecule has 1 aliphatic rings. The molecule has 6 nitrogen and oxygen atoms in total. The van der Waals surface area contributed by atoms with Gasteiger partial charge in [-0.05, 0) is 12.5 Å². The van der Waals surface area contributed by atoms with Crippen molar-refractivity contribution in [3.05, 3.63) is 30.0 Å². The van der Waals surface area contributed by atoms with Crippen molar-refractivity contribution in [2.45, 2.75) is 12.5 Å². The van der Waals surface area contributed by atoms with Gasteiger partial charge in [-0.1, -0.05) is 18.2 Å². The first-order chi connectivity index (χ1) is 9.70. The SMILES string of the molecule is COC1CCN(c2c(C(=O)O)nnc3ccccc23)C1. The van der Waals surface area contributed by atoms with Gasteiger partial charge in [0.1, 0.15) is 0 Å². The summed E-state index contributed by atoms with van der Waals surface area (Å²) in [4.78, 5) is 13.4. The van der Waals surface area contributed by atoms with Gasteiger partial charge in [-0.15, -0.1) is 10.2 Å². The van der Waals surface area contributed by atoms with Crippen LogP contribution in [0.4, 0.5) is 5.69 Å². The van der Waals surface area contributed by atoms with Crippen LogP contribution < -0.4 is 4.90 Å². The van der Waals surface area contributed by atoms with E-state index in [9.17, 15) is 9.90 Å². The van der Waals surface area contributed by atoms with Gasteiger partial charge >= 0.3 is 5.97 Å². The van der Waals surface area contributed by atoms with E-state index in [0.717, 1.165) is 18.4 Å². The zero-order valence-electron chi connectivity index (χ0n) is 11.1. The summed E-state index contributed by atoms with van der Waals surface area (Å²) in [6, 6.07) is 7.46. The number of rotatable bonds is 3. The van der Waals surface area contributed by atoms with Crippen LogP contribution in [0.25, 0.3) is 10.9 Å². The molecular weight excluding hydrogens is 258 g/mol. The predicted molar refractivity (Wildman–Crippen MR) is 74.1 cm³/mol. The van der Waals surface area contributed by atoms with E-state index in [-0.39, 0.29) is 11.8 Å². The van der Waals surface area contributed by atoms with Crippen LogP contribution in [0.5, 0.6) is 0 Å². The van der Waals surface area contributed by atoms with Crippen LogP contribution in [-0.2, 0) is 4.74 Å². The average Bonchev–Trinajstić information content (AvgIpc) is 2.94. The Morgan fingerprint density at radius 3 is 2.90 bits per heavy atom. The van der Waals surface area contributed by atoms with E-state index < -0.39 is 5.97 Å². The molecule has 20 heavy (non-hydrogen) atoms. The molecule has 1 unspecified atom stereocenters. The smallest absolute Gasteiger partial charge is 0.358 e. The third-order valence-corrected chi connectivity index (χ3v) is 3.64. The van der Waals surface area contributed by atoms with Gasteiger partial charge in [-0.25, -0.2) is 4.79 Å². The lowest BCUT2D eigenvalue weighted by Crippen LogP contribution is -2.25. The normalized spacial score (nSPS) is 18.6. The molecule has 3 rings (SSSR count). The molecule has 1 fully saturated rings. The van der Waals surface area contributed by atoms with Gasteiger partial charge in [-0.3, -0.25) is 0 Å². The summed E-state index contributed by atoms with van der Waals surface area (Å²) < 4.78 is 5.35. The van der Waals surface area contributed by atoms with Crippen LogP contribution in [0.15, 0.2) is 24.3 Å². The van der Waals surface area contributed by atoms with Crippen molar-refractivity contribution < 1.29 is 14.6 Å². The molecular formula is C14H15N3O3. The van der Waals surface area contributed by atoms with Gasteiger partial charge in [0.05, 0.1) is 17.3 Å². The van der Waals surface area contributed by atoms with Crippen LogP contribution in [0.1, 0.15) is 16.9 Å². The third-order valence-electron chi connectivity index (χ3n) is 3.64. The molecule has 0 aliphatic carbocycles. The second-order valence-corrected chi connectivity index (χ2v) is 4.81. The standard InChI is InChI=1S/C14H15N3O3/c1-20-9-6-7-17(8-9)13-10-4-2-3-5-11(10)15-16-12(13)14(18)19/h2-5,9H,6-8H2,1H3,(H,18,19). The Morgan fingerprint density at radius 2 is 2.20 bits per heavy atom. The maximum absolute atomic E-state index is 11.4. The van der Waals surface area contributed by atoms with Gasteiger partial charge in [0.2, 0.25) is 0 Å². The number of carbonyl (C=O) groups is 1. The number of aromatic carboxylic acids is 1. The first kappa shape index (κ1) is 12.8. The van der Waals surface area contributed by atoms with Crippen molar-refractivity contribution in [2.75, 3.05) is 25.1 Å². The Bertz CT molecular complexity index is 659. The molecule has 0 saturated carbocycles. The highest BCUT2D eigenvalue weighted by Crippen LogP contribution is 2.31. The first-order valence-corrected chi connectivity index (χ1v) is 6.47. The van der Waals surface area contributed by atoms with Gasteiger partial charge < -0.3 is 14.7 Å². The van der Waals surface area contributed by atoms with Crippen LogP contribution >= 0.6 is 0 Å². The Kier molecular flexibility index (Phi) is 3.23. The minimum absolute atomic E-state index is 0.000420. The summed E-state index contributed by atoms with van der Waals surface area (Å²) in [5, 5.41) is 18.0. The first-order valence-electron chi connectivity index (χ1n) is 6.47. The van der Waals surface area contributed by atoms with E-state index in [1.165, 1.54) is 0 Å². The third kappa shape index (κ3) is 2.08. The number of hydrogen-bond donors (Lipinski definition) is 1. The van der Waals surface area contributed by atoms with Gasteiger partial charge in [-0.2, -0.15) is 0 Å². The molecule has 2 heterocycles. The highest BCUT2D eigenvalue weighted by atomic mass is 16.5. The molecule has 0 radical (unpaired) electrons. The minimum atomic E-state index is -1.06. The summed E-state index contributed by atoms with van der Waals surface area (Å²) in [5.41, 5.74) is 1.34. The Labute approximate surface area is 116 Å². The number of aromatic nitrogens is 2.